The monoisotopic (exact) mass is 394 g/mol. The summed E-state index contributed by atoms with van der Waals surface area (Å²) in [4.78, 5) is 15.5. The number of amides is 1. The van der Waals surface area contributed by atoms with Gasteiger partial charge in [-0.15, -0.1) is 10.2 Å². The Balaban J connectivity index is 1.42. The van der Waals surface area contributed by atoms with Crippen LogP contribution in [0.25, 0.3) is 22.4 Å². The molecule has 0 bridgehead atoms. The maximum atomic E-state index is 12.3. The van der Waals surface area contributed by atoms with E-state index in [0.717, 1.165) is 22.0 Å². The Labute approximate surface area is 165 Å². The van der Waals surface area contributed by atoms with Crippen molar-refractivity contribution in [1.29, 1.82) is 0 Å². The average molecular weight is 394 g/mol. The molecule has 0 aliphatic rings. The SMILES string of the molecule is COc1ccc(C)cc1NC(=O)CSc1nnc(-c2c[nH]c3ccccc23)o1. The van der Waals surface area contributed by atoms with Crippen LogP contribution in [0, 0.1) is 6.92 Å². The largest absolute Gasteiger partial charge is 0.495 e. The number of aryl methyl sites for hydroxylation is 1. The Morgan fingerprint density at radius 3 is 2.96 bits per heavy atom. The fourth-order valence-electron chi connectivity index (χ4n) is 2.86. The Morgan fingerprint density at radius 2 is 2.11 bits per heavy atom. The molecule has 0 radical (unpaired) electrons. The second-order valence-corrected chi connectivity index (χ2v) is 7.09. The second kappa shape index (κ2) is 7.77. The summed E-state index contributed by atoms with van der Waals surface area (Å²) < 4.78 is 11.0. The van der Waals surface area contributed by atoms with Crippen molar-refractivity contribution in [1.82, 2.24) is 15.2 Å². The number of methoxy groups -OCH3 is 1. The molecule has 1 amide bonds. The predicted molar refractivity (Wildman–Crippen MR) is 109 cm³/mol. The molecule has 4 rings (SSSR count). The van der Waals surface area contributed by atoms with E-state index in [4.69, 9.17) is 9.15 Å². The van der Waals surface area contributed by atoms with Crippen molar-refractivity contribution in [2.24, 2.45) is 0 Å². The van der Waals surface area contributed by atoms with Crippen LogP contribution in [0.2, 0.25) is 0 Å². The van der Waals surface area contributed by atoms with Gasteiger partial charge in [0.2, 0.25) is 5.91 Å². The molecule has 0 spiro atoms. The molecule has 0 saturated heterocycles. The second-order valence-electron chi connectivity index (χ2n) is 6.16. The van der Waals surface area contributed by atoms with Crippen molar-refractivity contribution >= 4 is 34.3 Å². The Bertz CT molecular complexity index is 1140. The third kappa shape index (κ3) is 3.72. The molecule has 0 atom stereocenters. The first-order valence-electron chi connectivity index (χ1n) is 8.61. The number of benzene rings is 2. The summed E-state index contributed by atoms with van der Waals surface area (Å²) in [6.45, 7) is 1.95. The highest BCUT2D eigenvalue weighted by Crippen LogP contribution is 2.30. The zero-order valence-corrected chi connectivity index (χ0v) is 16.2. The fraction of sp³-hybridized carbons (Fsp3) is 0.150. The van der Waals surface area contributed by atoms with E-state index in [1.807, 2.05) is 55.6 Å². The van der Waals surface area contributed by atoms with E-state index in [-0.39, 0.29) is 11.7 Å². The van der Waals surface area contributed by atoms with Gasteiger partial charge in [-0.1, -0.05) is 36.0 Å². The summed E-state index contributed by atoms with van der Waals surface area (Å²) in [6.07, 6.45) is 1.84. The number of nitrogens with one attached hydrogen (secondary N) is 2. The normalized spacial score (nSPS) is 10.9. The number of hydrogen-bond acceptors (Lipinski definition) is 6. The lowest BCUT2D eigenvalue weighted by Gasteiger charge is -2.10. The van der Waals surface area contributed by atoms with Crippen molar-refractivity contribution in [3.05, 3.63) is 54.2 Å². The Hall–Kier alpha value is -3.26. The van der Waals surface area contributed by atoms with Crippen LogP contribution in [0.5, 0.6) is 5.75 Å². The minimum atomic E-state index is -0.180. The van der Waals surface area contributed by atoms with Gasteiger partial charge in [-0.25, -0.2) is 0 Å². The summed E-state index contributed by atoms with van der Waals surface area (Å²) in [5.74, 6) is 0.997. The number of anilines is 1. The fourth-order valence-corrected chi connectivity index (χ4v) is 3.42. The molecular formula is C20H18N4O3S. The molecule has 0 aliphatic heterocycles. The summed E-state index contributed by atoms with van der Waals surface area (Å²) in [5, 5.41) is 12.3. The van der Waals surface area contributed by atoms with Gasteiger partial charge in [-0.05, 0) is 30.7 Å². The van der Waals surface area contributed by atoms with Gasteiger partial charge in [0.25, 0.3) is 11.1 Å². The quantitative estimate of drug-likeness (QED) is 0.475. The first kappa shape index (κ1) is 18.1. The molecule has 142 valence electrons. The number of carbonyl (C=O) groups is 1. The summed E-state index contributed by atoms with van der Waals surface area (Å²) in [5.41, 5.74) is 3.50. The van der Waals surface area contributed by atoms with E-state index in [0.29, 0.717) is 22.6 Å². The number of thioether (sulfide) groups is 1. The molecule has 7 nitrogen and oxygen atoms in total. The first-order valence-corrected chi connectivity index (χ1v) is 9.60. The Kier molecular flexibility index (Phi) is 5.03. The molecule has 0 aliphatic carbocycles. The molecule has 28 heavy (non-hydrogen) atoms. The molecule has 4 aromatic rings. The van der Waals surface area contributed by atoms with Gasteiger partial charge in [0.15, 0.2) is 0 Å². The number of aromatic nitrogens is 3. The van der Waals surface area contributed by atoms with Gasteiger partial charge in [0.05, 0.1) is 24.1 Å². The van der Waals surface area contributed by atoms with Crippen molar-refractivity contribution in [2.45, 2.75) is 12.1 Å². The minimum Gasteiger partial charge on any atom is -0.495 e. The topological polar surface area (TPSA) is 93.0 Å². The maximum absolute atomic E-state index is 12.3. The van der Waals surface area contributed by atoms with Crippen LogP contribution >= 0.6 is 11.8 Å². The average Bonchev–Trinajstić information content (AvgIpc) is 3.33. The number of para-hydroxylation sites is 1. The van der Waals surface area contributed by atoms with Crippen LogP contribution in [0.15, 0.2) is 58.3 Å². The maximum Gasteiger partial charge on any atom is 0.277 e. The van der Waals surface area contributed by atoms with Crippen LogP contribution in [-0.2, 0) is 4.79 Å². The van der Waals surface area contributed by atoms with Gasteiger partial charge in [0.1, 0.15) is 5.75 Å². The molecule has 2 N–H and O–H groups in total. The molecule has 8 heteroatoms. The highest BCUT2D eigenvalue weighted by Gasteiger charge is 2.15. The van der Waals surface area contributed by atoms with E-state index < -0.39 is 0 Å². The number of aromatic amines is 1. The van der Waals surface area contributed by atoms with Crippen molar-refractivity contribution in [3.63, 3.8) is 0 Å². The molecule has 0 saturated carbocycles. The van der Waals surface area contributed by atoms with Gasteiger partial charge in [-0.2, -0.15) is 0 Å². The highest BCUT2D eigenvalue weighted by molar-refractivity contribution is 7.99. The molecule has 0 fully saturated rings. The number of rotatable bonds is 6. The van der Waals surface area contributed by atoms with E-state index >= 15 is 0 Å². The van der Waals surface area contributed by atoms with Crippen LogP contribution in [-0.4, -0.2) is 34.0 Å². The summed E-state index contributed by atoms with van der Waals surface area (Å²) in [7, 11) is 1.57. The van der Waals surface area contributed by atoms with Crippen LogP contribution in [0.3, 0.4) is 0 Å². The summed E-state index contributed by atoms with van der Waals surface area (Å²) >= 11 is 1.19. The lowest BCUT2D eigenvalue weighted by Crippen LogP contribution is -2.14. The number of fused-ring (bicyclic) bond motifs is 1. The lowest BCUT2D eigenvalue weighted by atomic mass is 10.2. The van der Waals surface area contributed by atoms with Crippen molar-refractivity contribution in [2.75, 3.05) is 18.2 Å². The first-order chi connectivity index (χ1) is 13.6. The summed E-state index contributed by atoms with van der Waals surface area (Å²) in [6, 6.07) is 13.5. The predicted octanol–water partition coefficient (Wildman–Crippen LogP) is 4.27. The van der Waals surface area contributed by atoms with Gasteiger partial charge >= 0.3 is 0 Å². The third-order valence-corrected chi connectivity index (χ3v) is 5.00. The lowest BCUT2D eigenvalue weighted by molar-refractivity contribution is -0.113. The number of H-pyrrole nitrogens is 1. The zero-order valence-electron chi connectivity index (χ0n) is 15.4. The third-order valence-electron chi connectivity index (χ3n) is 4.18. The van der Waals surface area contributed by atoms with E-state index in [2.05, 4.69) is 20.5 Å². The van der Waals surface area contributed by atoms with Crippen molar-refractivity contribution < 1.29 is 13.9 Å². The van der Waals surface area contributed by atoms with E-state index in [1.54, 1.807) is 7.11 Å². The van der Waals surface area contributed by atoms with E-state index in [1.165, 1.54) is 11.8 Å². The van der Waals surface area contributed by atoms with Crippen LogP contribution in [0.1, 0.15) is 5.56 Å². The number of ether oxygens (including phenoxy) is 1. The van der Waals surface area contributed by atoms with Gasteiger partial charge in [-0.3, -0.25) is 4.79 Å². The molecular weight excluding hydrogens is 376 g/mol. The molecule has 0 unspecified atom stereocenters. The highest BCUT2D eigenvalue weighted by atomic mass is 32.2. The smallest absolute Gasteiger partial charge is 0.277 e. The van der Waals surface area contributed by atoms with Crippen molar-refractivity contribution in [3.8, 4) is 17.2 Å². The van der Waals surface area contributed by atoms with Crippen LogP contribution in [0.4, 0.5) is 5.69 Å². The van der Waals surface area contributed by atoms with Crippen LogP contribution < -0.4 is 10.1 Å². The minimum absolute atomic E-state index is 0.145. The zero-order chi connectivity index (χ0) is 19.5. The molecule has 2 aromatic carbocycles. The number of carbonyl (C=O) groups excluding carboxylic acids is 1. The number of hydrogen-bond donors (Lipinski definition) is 2. The molecule has 2 aromatic heterocycles. The standard InChI is InChI=1S/C20H18N4O3S/c1-12-7-8-17(26-2)16(9-12)22-18(25)11-28-20-24-23-19(27-20)14-10-21-15-6-4-3-5-13(14)15/h3-10,21H,11H2,1-2H3,(H,22,25). The molecule has 2 heterocycles. The Morgan fingerprint density at radius 1 is 1.25 bits per heavy atom. The van der Waals surface area contributed by atoms with E-state index in [9.17, 15) is 4.79 Å². The number of nitrogens with zero attached hydrogens (tertiary/aromatic N) is 2. The van der Waals surface area contributed by atoms with Gasteiger partial charge < -0.3 is 19.5 Å². The van der Waals surface area contributed by atoms with Gasteiger partial charge in [0, 0.05) is 17.1 Å².